The van der Waals surface area contributed by atoms with Gasteiger partial charge in [-0.2, -0.15) is 0 Å². The van der Waals surface area contributed by atoms with E-state index < -0.39 is 0 Å². The van der Waals surface area contributed by atoms with Crippen LogP contribution in [-0.2, 0) is 0 Å². The van der Waals surface area contributed by atoms with Gasteiger partial charge in [0.05, 0.1) is 0 Å². The summed E-state index contributed by atoms with van der Waals surface area (Å²) in [6, 6.07) is 8.87. The van der Waals surface area contributed by atoms with E-state index in [2.05, 4.69) is 66.3 Å². The maximum Gasteiger partial charge on any atom is 0.0178 e. The highest BCUT2D eigenvalue weighted by molar-refractivity contribution is 9.10. The van der Waals surface area contributed by atoms with Gasteiger partial charge in [-0.15, -0.1) is 0 Å². The minimum Gasteiger partial charge on any atom is -0.311 e. The van der Waals surface area contributed by atoms with Crippen molar-refractivity contribution in [1.82, 2.24) is 5.32 Å². The van der Waals surface area contributed by atoms with E-state index in [0.717, 1.165) is 12.5 Å². The van der Waals surface area contributed by atoms with Crippen molar-refractivity contribution in [3.05, 3.63) is 34.3 Å². The van der Waals surface area contributed by atoms with Crippen LogP contribution in [0.2, 0.25) is 0 Å². The van der Waals surface area contributed by atoms with Gasteiger partial charge in [0.1, 0.15) is 0 Å². The van der Waals surface area contributed by atoms with Gasteiger partial charge < -0.3 is 5.32 Å². The molecule has 2 heteroatoms. The maximum atomic E-state index is 3.70. The van der Waals surface area contributed by atoms with Crippen molar-refractivity contribution >= 4 is 15.9 Å². The van der Waals surface area contributed by atoms with Crippen LogP contribution in [0.15, 0.2) is 28.7 Å². The molecule has 112 valence electrons. The SMILES string of the molecule is CC(C)(C)NCC(CC1CCCC1)c1cccc(Br)c1. The van der Waals surface area contributed by atoms with Gasteiger partial charge in [0, 0.05) is 16.6 Å². The fraction of sp³-hybridized carbons (Fsp3) is 0.667. The Balaban J connectivity index is 2.06. The average Bonchev–Trinajstić information content (AvgIpc) is 2.86. The van der Waals surface area contributed by atoms with Crippen LogP contribution in [0.3, 0.4) is 0 Å². The zero-order valence-electron chi connectivity index (χ0n) is 13.1. The molecule has 0 aliphatic heterocycles. The van der Waals surface area contributed by atoms with Crippen molar-refractivity contribution < 1.29 is 0 Å². The molecule has 1 saturated carbocycles. The molecule has 1 atom stereocenters. The molecular weight excluding hydrogens is 310 g/mol. The van der Waals surface area contributed by atoms with Crippen molar-refractivity contribution in [2.45, 2.75) is 64.3 Å². The molecule has 2 rings (SSSR count). The lowest BCUT2D eigenvalue weighted by molar-refractivity contribution is 0.368. The Morgan fingerprint density at radius 2 is 1.95 bits per heavy atom. The van der Waals surface area contributed by atoms with Crippen LogP contribution < -0.4 is 5.32 Å². The zero-order chi connectivity index (χ0) is 14.6. The minimum absolute atomic E-state index is 0.194. The largest absolute Gasteiger partial charge is 0.311 e. The van der Waals surface area contributed by atoms with Gasteiger partial charge in [0.2, 0.25) is 0 Å². The van der Waals surface area contributed by atoms with Crippen LogP contribution in [0.5, 0.6) is 0 Å². The third-order valence-electron chi connectivity index (χ3n) is 4.29. The Bertz CT molecular complexity index is 416. The first-order valence-corrected chi connectivity index (χ1v) is 8.74. The Kier molecular flexibility index (Phi) is 5.68. The molecule has 1 fully saturated rings. The molecule has 20 heavy (non-hydrogen) atoms. The lowest BCUT2D eigenvalue weighted by Gasteiger charge is -2.27. The molecule has 1 aliphatic carbocycles. The van der Waals surface area contributed by atoms with E-state index in [1.165, 1.54) is 42.1 Å². The highest BCUT2D eigenvalue weighted by Crippen LogP contribution is 2.34. The van der Waals surface area contributed by atoms with Crippen LogP contribution in [0.4, 0.5) is 0 Å². The Hall–Kier alpha value is -0.340. The molecule has 0 radical (unpaired) electrons. The molecule has 0 spiro atoms. The Morgan fingerprint density at radius 3 is 2.55 bits per heavy atom. The van der Waals surface area contributed by atoms with Crippen LogP contribution in [0, 0.1) is 5.92 Å². The molecule has 0 aromatic heterocycles. The minimum atomic E-state index is 0.194. The third kappa shape index (κ3) is 5.21. The molecule has 1 nitrogen and oxygen atoms in total. The van der Waals surface area contributed by atoms with Gasteiger partial charge in [0.15, 0.2) is 0 Å². The van der Waals surface area contributed by atoms with Crippen molar-refractivity contribution in [3.8, 4) is 0 Å². The first-order chi connectivity index (χ1) is 9.44. The first-order valence-electron chi connectivity index (χ1n) is 7.94. The second-order valence-corrected chi connectivity index (χ2v) is 8.18. The number of rotatable bonds is 5. The summed E-state index contributed by atoms with van der Waals surface area (Å²) in [6.45, 7) is 7.83. The summed E-state index contributed by atoms with van der Waals surface area (Å²) in [7, 11) is 0. The summed E-state index contributed by atoms with van der Waals surface area (Å²) in [5.41, 5.74) is 1.67. The van der Waals surface area contributed by atoms with E-state index >= 15 is 0 Å². The molecule has 0 bridgehead atoms. The van der Waals surface area contributed by atoms with E-state index in [1.807, 2.05) is 0 Å². The van der Waals surface area contributed by atoms with Crippen LogP contribution in [-0.4, -0.2) is 12.1 Å². The zero-order valence-corrected chi connectivity index (χ0v) is 14.7. The van der Waals surface area contributed by atoms with Crippen LogP contribution in [0.25, 0.3) is 0 Å². The average molecular weight is 338 g/mol. The summed E-state index contributed by atoms with van der Waals surface area (Å²) >= 11 is 3.61. The highest BCUT2D eigenvalue weighted by Gasteiger charge is 2.22. The van der Waals surface area contributed by atoms with E-state index in [0.29, 0.717) is 5.92 Å². The lowest BCUT2D eigenvalue weighted by atomic mass is 9.87. The molecule has 1 N–H and O–H groups in total. The molecule has 1 aromatic carbocycles. The number of nitrogens with one attached hydrogen (secondary N) is 1. The van der Waals surface area contributed by atoms with Gasteiger partial charge in [-0.05, 0) is 56.7 Å². The normalized spacial score (nSPS) is 18.4. The molecule has 1 unspecified atom stereocenters. The molecule has 1 aromatic rings. The fourth-order valence-corrected chi connectivity index (χ4v) is 3.59. The van der Waals surface area contributed by atoms with Gasteiger partial charge in [0.25, 0.3) is 0 Å². The Labute approximate surface area is 132 Å². The third-order valence-corrected chi connectivity index (χ3v) is 4.78. The maximum absolute atomic E-state index is 3.70. The standard InChI is InChI=1S/C18H28BrN/c1-18(2,3)20-13-16(11-14-7-4-5-8-14)15-9-6-10-17(19)12-15/h6,9-10,12,14,16,20H,4-5,7-8,11,13H2,1-3H3. The predicted octanol–water partition coefficient (Wildman–Crippen LogP) is 5.50. The van der Waals surface area contributed by atoms with E-state index in [-0.39, 0.29) is 5.54 Å². The number of benzene rings is 1. The lowest BCUT2D eigenvalue weighted by Crippen LogP contribution is -2.38. The van der Waals surface area contributed by atoms with Gasteiger partial charge >= 0.3 is 0 Å². The van der Waals surface area contributed by atoms with Crippen LogP contribution in [0.1, 0.15) is 64.4 Å². The summed E-state index contributed by atoms with van der Waals surface area (Å²) in [5, 5.41) is 3.70. The number of halogens is 1. The van der Waals surface area contributed by atoms with E-state index in [4.69, 9.17) is 0 Å². The summed E-state index contributed by atoms with van der Waals surface area (Å²) in [4.78, 5) is 0. The molecule has 0 amide bonds. The second kappa shape index (κ2) is 7.09. The predicted molar refractivity (Wildman–Crippen MR) is 91.2 cm³/mol. The molecule has 1 aliphatic rings. The molecule has 0 heterocycles. The molecule has 0 saturated heterocycles. The summed E-state index contributed by atoms with van der Waals surface area (Å²) in [5.74, 6) is 1.57. The smallest absolute Gasteiger partial charge is 0.0178 e. The van der Waals surface area contributed by atoms with Crippen molar-refractivity contribution in [1.29, 1.82) is 0 Å². The van der Waals surface area contributed by atoms with Crippen LogP contribution >= 0.6 is 15.9 Å². The van der Waals surface area contributed by atoms with Gasteiger partial charge in [-0.3, -0.25) is 0 Å². The fourth-order valence-electron chi connectivity index (χ4n) is 3.18. The van der Waals surface area contributed by atoms with Gasteiger partial charge in [-0.1, -0.05) is 53.7 Å². The number of hydrogen-bond donors (Lipinski definition) is 1. The second-order valence-electron chi connectivity index (χ2n) is 7.27. The van der Waals surface area contributed by atoms with E-state index in [1.54, 1.807) is 0 Å². The van der Waals surface area contributed by atoms with Crippen molar-refractivity contribution in [3.63, 3.8) is 0 Å². The first kappa shape index (κ1) is 16.0. The topological polar surface area (TPSA) is 12.0 Å². The Morgan fingerprint density at radius 1 is 1.25 bits per heavy atom. The quantitative estimate of drug-likeness (QED) is 0.747. The molecular formula is C18H28BrN. The van der Waals surface area contributed by atoms with Crippen molar-refractivity contribution in [2.24, 2.45) is 5.92 Å². The monoisotopic (exact) mass is 337 g/mol. The summed E-state index contributed by atoms with van der Waals surface area (Å²) < 4.78 is 1.20. The van der Waals surface area contributed by atoms with Crippen molar-refractivity contribution in [2.75, 3.05) is 6.54 Å². The summed E-state index contributed by atoms with van der Waals surface area (Å²) in [6.07, 6.45) is 7.06. The van der Waals surface area contributed by atoms with E-state index in [9.17, 15) is 0 Å². The number of hydrogen-bond acceptors (Lipinski definition) is 1. The highest BCUT2D eigenvalue weighted by atomic mass is 79.9. The van der Waals surface area contributed by atoms with Gasteiger partial charge in [-0.25, -0.2) is 0 Å².